The van der Waals surface area contributed by atoms with Crippen LogP contribution in [0, 0.1) is 6.92 Å². The Morgan fingerprint density at radius 1 is 0.804 bits per heavy atom. The number of phenolic OH excluding ortho intramolecular Hbond substituents is 3. The minimum absolute atomic E-state index is 0. The molecule has 0 unspecified atom stereocenters. The van der Waals surface area contributed by atoms with Gasteiger partial charge < -0.3 is 25.2 Å². The van der Waals surface area contributed by atoms with E-state index in [-0.39, 0.29) is 114 Å². The van der Waals surface area contributed by atoms with Gasteiger partial charge in [0.25, 0.3) is 0 Å². The fourth-order valence-electron chi connectivity index (χ4n) is 4.84. The summed E-state index contributed by atoms with van der Waals surface area (Å²) in [6.07, 6.45) is 0. The summed E-state index contributed by atoms with van der Waals surface area (Å²) in [5.74, 6) is -0.439. The third-order valence-electron chi connectivity index (χ3n) is 7.36. The van der Waals surface area contributed by atoms with E-state index in [0.29, 0.717) is 10.4 Å². The number of aromatic hydroxyl groups is 3. The van der Waals surface area contributed by atoms with Crippen LogP contribution in [0.1, 0.15) is 19.5 Å². The summed E-state index contributed by atoms with van der Waals surface area (Å²) in [6.45, 7) is 4.97. The van der Waals surface area contributed by atoms with Crippen molar-refractivity contribution in [3.8, 4) is 22.9 Å². The largest absolute Gasteiger partial charge is 1.00 e. The third kappa shape index (κ3) is 11.1. The van der Waals surface area contributed by atoms with Gasteiger partial charge in [0.15, 0.2) is 0 Å². The summed E-state index contributed by atoms with van der Waals surface area (Å²) in [6, 6.07) is 23.8. The number of aromatic nitrogens is 2. The Balaban J connectivity index is 0.000000290. The summed E-state index contributed by atoms with van der Waals surface area (Å²) in [5.41, 5.74) is 0.118. The third-order valence-corrected chi connectivity index (χ3v) is 10.2. The molecule has 0 atom stereocenters. The predicted octanol–water partition coefficient (Wildman–Crippen LogP) is 4.04. The zero-order chi connectivity index (χ0) is 39.4. The van der Waals surface area contributed by atoms with E-state index in [1.165, 1.54) is 66.7 Å². The summed E-state index contributed by atoms with van der Waals surface area (Å²) in [7, 11) is -7.67. The number of hydrogen-bond acceptors (Lipinski definition) is 13. The first-order valence-corrected chi connectivity index (χ1v) is 19.1. The fourth-order valence-corrected chi connectivity index (χ4v) is 6.83. The zero-order valence-electron chi connectivity index (χ0n) is 30.0. The number of nitrogens with zero attached hydrogens (tertiary/aromatic N) is 6. The molecule has 56 heavy (non-hydrogen) atoms. The molecule has 0 saturated heterocycles. The molecule has 0 bridgehead atoms. The number of phenols is 3. The van der Waals surface area contributed by atoms with Crippen LogP contribution in [0.4, 0.5) is 22.7 Å². The first kappa shape index (κ1) is 46.0. The van der Waals surface area contributed by atoms with Gasteiger partial charge in [0, 0.05) is 33.2 Å². The van der Waals surface area contributed by atoms with Gasteiger partial charge in [-0.2, -0.15) is 5.11 Å². The molecule has 6 N–H and O–H groups in total. The van der Waals surface area contributed by atoms with Crippen molar-refractivity contribution in [2.45, 2.75) is 36.6 Å². The van der Waals surface area contributed by atoms with Crippen molar-refractivity contribution in [3.63, 3.8) is 0 Å². The Hall–Kier alpha value is -4.41. The number of rotatable bonds is 9. The summed E-state index contributed by atoms with van der Waals surface area (Å²) in [5, 5.41) is 56.7. The first-order valence-electron chi connectivity index (χ1n) is 15.7. The van der Waals surface area contributed by atoms with E-state index in [2.05, 4.69) is 30.3 Å². The number of azo groups is 2. The van der Waals surface area contributed by atoms with E-state index in [9.17, 15) is 36.9 Å². The summed E-state index contributed by atoms with van der Waals surface area (Å²) in [4.78, 5) is 12.4. The average molecular weight is 874 g/mol. The molecule has 6 rings (SSSR count). The Morgan fingerprint density at radius 2 is 1.45 bits per heavy atom. The van der Waals surface area contributed by atoms with E-state index in [1.54, 1.807) is 32.9 Å². The maximum atomic E-state index is 12.6. The standard InChI is InChI=1S/C19H19N3O4S.C16H13ClN5O4S.Co.Na/c1-12(2)22-27(25,26)14-8-10-17(23)16(11-14)20-21-19-15-6-4-3-5-13(15)7-9-18(19)24;1-9-15(20-19-13-7-10(17)5-6-14(13)23)16(24)22(21-9)11-3-2-4-12(8-11)27(18,25)26;;/h3-12,22-24H,1-2H3;2-8,23H,1H3,(H2,18,25,26);;/q;-1;;+1. The second-order valence-electron chi connectivity index (χ2n) is 11.8. The molecule has 1 radical (unpaired) electrons. The van der Waals surface area contributed by atoms with Crippen molar-refractivity contribution in [2.24, 2.45) is 25.6 Å². The van der Waals surface area contributed by atoms with Crippen molar-refractivity contribution >= 4 is 65.2 Å². The van der Waals surface area contributed by atoms with Crippen LogP contribution in [0.5, 0.6) is 17.2 Å². The number of hydrogen-bond donors (Lipinski definition) is 5. The van der Waals surface area contributed by atoms with Gasteiger partial charge in [-0.1, -0.05) is 60.6 Å². The van der Waals surface area contributed by atoms with Crippen LogP contribution in [-0.2, 0) is 36.8 Å². The molecule has 21 heteroatoms. The van der Waals surface area contributed by atoms with Crippen LogP contribution in [-0.4, -0.2) is 48.0 Å². The van der Waals surface area contributed by atoms with Crippen LogP contribution in [0.2, 0.25) is 5.02 Å². The molecule has 0 aliphatic heterocycles. The molecule has 6 aromatic rings. The van der Waals surface area contributed by atoms with E-state index < -0.39 is 25.6 Å². The maximum Gasteiger partial charge on any atom is 1.00 e. The number of nitrogens with one attached hydrogen (secondary N) is 1. The molecular formula is C35H32ClCoN8NaO8S2. The number of sulfonamides is 2. The molecule has 0 aliphatic carbocycles. The molecule has 5 aromatic carbocycles. The molecule has 289 valence electrons. The maximum absolute atomic E-state index is 12.6. The normalized spacial score (nSPS) is 11.7. The topological polar surface area (TPSA) is 251 Å². The average Bonchev–Trinajstić information content (AvgIpc) is 3.40. The number of nitrogens with two attached hydrogens (primary N) is 1. The minimum Gasteiger partial charge on any atom is -0.506 e. The van der Waals surface area contributed by atoms with Gasteiger partial charge in [0.1, 0.15) is 39.9 Å². The molecular weight excluding hydrogens is 842 g/mol. The molecule has 16 nitrogen and oxygen atoms in total. The summed E-state index contributed by atoms with van der Waals surface area (Å²) < 4.78 is 51.1. The Bertz CT molecular complexity index is 2730. The number of fused-ring (bicyclic) bond motifs is 1. The molecule has 0 fully saturated rings. The molecule has 0 spiro atoms. The Labute approximate surface area is 358 Å². The van der Waals surface area contributed by atoms with Gasteiger partial charge >= 0.3 is 29.6 Å². The minimum atomic E-state index is -3.93. The van der Waals surface area contributed by atoms with Crippen LogP contribution in [0.25, 0.3) is 16.5 Å². The van der Waals surface area contributed by atoms with Crippen molar-refractivity contribution in [1.82, 2.24) is 14.5 Å². The predicted molar refractivity (Wildman–Crippen MR) is 202 cm³/mol. The van der Waals surface area contributed by atoms with Crippen molar-refractivity contribution in [1.29, 1.82) is 0 Å². The van der Waals surface area contributed by atoms with Gasteiger partial charge in [-0.3, -0.25) is 0 Å². The summed E-state index contributed by atoms with van der Waals surface area (Å²) >= 11 is 5.85. The molecule has 1 aromatic heterocycles. The number of benzene rings is 5. The molecule has 0 amide bonds. The van der Waals surface area contributed by atoms with Crippen LogP contribution >= 0.6 is 11.6 Å². The van der Waals surface area contributed by atoms with E-state index in [4.69, 9.17) is 16.7 Å². The van der Waals surface area contributed by atoms with Gasteiger partial charge in [0.05, 0.1) is 15.5 Å². The van der Waals surface area contributed by atoms with Gasteiger partial charge in [-0.25, -0.2) is 36.5 Å². The van der Waals surface area contributed by atoms with E-state index in [0.717, 1.165) is 10.1 Å². The number of aryl methyl sites for hydroxylation is 1. The number of halogens is 1. The second-order valence-corrected chi connectivity index (χ2v) is 15.5. The van der Waals surface area contributed by atoms with Crippen LogP contribution in [0.15, 0.2) is 132 Å². The smallest absolute Gasteiger partial charge is 0.506 e. The first-order chi connectivity index (χ1) is 25.4. The van der Waals surface area contributed by atoms with Crippen molar-refractivity contribution in [2.75, 3.05) is 0 Å². The van der Waals surface area contributed by atoms with E-state index >= 15 is 0 Å². The van der Waals surface area contributed by atoms with Crippen LogP contribution in [0.3, 0.4) is 0 Å². The Morgan fingerprint density at radius 3 is 2.12 bits per heavy atom. The Kier molecular flexibility index (Phi) is 15.7. The number of primary sulfonamides is 1. The van der Waals surface area contributed by atoms with Crippen molar-refractivity contribution < 1.29 is 78.5 Å². The second kappa shape index (κ2) is 19.2. The van der Waals surface area contributed by atoms with Crippen LogP contribution < -0.4 is 45.0 Å². The monoisotopic (exact) mass is 873 g/mol. The van der Waals surface area contributed by atoms with Gasteiger partial charge in [0.2, 0.25) is 20.0 Å². The van der Waals surface area contributed by atoms with Crippen molar-refractivity contribution in [3.05, 3.63) is 118 Å². The van der Waals surface area contributed by atoms with Gasteiger partial charge in [-0.15, -0.1) is 15.9 Å². The zero-order valence-corrected chi connectivity index (χ0v) is 35.4. The fraction of sp³-hybridized carbons (Fsp3) is 0.114. The quantitative estimate of drug-likeness (QED) is 0.0798. The molecule has 0 aliphatic rings. The molecule has 1 heterocycles. The van der Waals surface area contributed by atoms with E-state index in [1.807, 2.05) is 18.2 Å². The molecule has 0 saturated carbocycles. The van der Waals surface area contributed by atoms with Gasteiger partial charge in [-0.05, 0) is 79.9 Å². The SMILES string of the molecule is CC(C)NS(=O)(=O)c1ccc(O)c(N=Nc2c(O)ccc3ccccc23)c1.Cc1nn(-c2cccc(S(N)(=O)=O)c2)c(=O)[c-]1N=Nc1cc(Cl)ccc1O.[Co].[Na+].